The molecule has 2 nitrogen and oxygen atoms in total. The number of rotatable bonds is 3. The van der Waals surface area contributed by atoms with Crippen LogP contribution < -0.4 is 0 Å². The molecule has 1 N–H and O–H groups in total. The standard InChI is InChI=1S/C11H12O2S/c1-2-14-7-8-6-9-10(12)4-3-5-11(9)13-8/h3-6,12H,2,7H2,1H3. The van der Waals surface area contributed by atoms with Gasteiger partial charge in [0.2, 0.25) is 0 Å². The Morgan fingerprint density at radius 2 is 2.29 bits per heavy atom. The summed E-state index contributed by atoms with van der Waals surface area (Å²) < 4.78 is 5.57. The van der Waals surface area contributed by atoms with E-state index in [-0.39, 0.29) is 0 Å². The molecule has 1 aromatic heterocycles. The van der Waals surface area contributed by atoms with Crippen molar-refractivity contribution in [3.8, 4) is 5.75 Å². The molecule has 2 aromatic rings. The van der Waals surface area contributed by atoms with E-state index >= 15 is 0 Å². The van der Waals surface area contributed by atoms with Gasteiger partial charge in [-0.3, -0.25) is 0 Å². The number of fused-ring (bicyclic) bond motifs is 1. The van der Waals surface area contributed by atoms with Gasteiger partial charge in [-0.1, -0.05) is 13.0 Å². The zero-order valence-electron chi connectivity index (χ0n) is 7.99. The van der Waals surface area contributed by atoms with Gasteiger partial charge in [-0.05, 0) is 24.0 Å². The Hall–Kier alpha value is -1.09. The maximum atomic E-state index is 9.54. The molecule has 0 fully saturated rings. The van der Waals surface area contributed by atoms with Gasteiger partial charge in [0.05, 0.1) is 11.1 Å². The summed E-state index contributed by atoms with van der Waals surface area (Å²) in [7, 11) is 0. The highest BCUT2D eigenvalue weighted by atomic mass is 32.2. The Morgan fingerprint density at radius 1 is 1.43 bits per heavy atom. The number of furan rings is 1. The lowest BCUT2D eigenvalue weighted by Gasteiger charge is -1.91. The number of thioether (sulfide) groups is 1. The molecule has 0 saturated heterocycles. The fourth-order valence-corrected chi connectivity index (χ4v) is 1.92. The van der Waals surface area contributed by atoms with Crippen LogP contribution in [-0.2, 0) is 5.75 Å². The number of phenolic OH excluding ortho intramolecular Hbond substituents is 1. The second kappa shape index (κ2) is 3.96. The van der Waals surface area contributed by atoms with Gasteiger partial charge in [0.25, 0.3) is 0 Å². The zero-order valence-corrected chi connectivity index (χ0v) is 8.80. The molecule has 0 bridgehead atoms. The van der Waals surface area contributed by atoms with Crippen molar-refractivity contribution in [1.29, 1.82) is 0 Å². The van der Waals surface area contributed by atoms with Crippen LogP contribution in [-0.4, -0.2) is 10.9 Å². The Bertz CT molecular complexity index is 434. The highest BCUT2D eigenvalue weighted by molar-refractivity contribution is 7.98. The topological polar surface area (TPSA) is 33.4 Å². The lowest BCUT2D eigenvalue weighted by atomic mass is 10.2. The first kappa shape index (κ1) is 9.46. The van der Waals surface area contributed by atoms with Crippen molar-refractivity contribution in [3.63, 3.8) is 0 Å². The molecular formula is C11H12O2S. The monoisotopic (exact) mass is 208 g/mol. The van der Waals surface area contributed by atoms with Crippen LogP contribution in [0.5, 0.6) is 5.75 Å². The van der Waals surface area contributed by atoms with Crippen molar-refractivity contribution in [2.75, 3.05) is 5.75 Å². The van der Waals surface area contributed by atoms with Gasteiger partial charge in [0.1, 0.15) is 17.1 Å². The number of phenols is 1. The molecule has 0 radical (unpaired) electrons. The molecule has 2 rings (SSSR count). The van der Waals surface area contributed by atoms with Crippen molar-refractivity contribution in [2.24, 2.45) is 0 Å². The van der Waals surface area contributed by atoms with Gasteiger partial charge in [-0.2, -0.15) is 11.8 Å². The summed E-state index contributed by atoms with van der Waals surface area (Å²) in [5.74, 6) is 3.15. The minimum atomic E-state index is 0.291. The SMILES string of the molecule is CCSCc1cc2c(O)cccc2o1. The van der Waals surface area contributed by atoms with Crippen LogP contribution in [0.2, 0.25) is 0 Å². The molecule has 74 valence electrons. The summed E-state index contributed by atoms with van der Waals surface area (Å²) in [6.07, 6.45) is 0. The summed E-state index contributed by atoms with van der Waals surface area (Å²) in [6, 6.07) is 7.25. The molecular weight excluding hydrogens is 196 g/mol. The van der Waals surface area contributed by atoms with Crippen LogP contribution in [0.25, 0.3) is 11.0 Å². The Balaban J connectivity index is 2.36. The first-order valence-corrected chi connectivity index (χ1v) is 5.75. The van der Waals surface area contributed by atoms with Gasteiger partial charge in [-0.15, -0.1) is 0 Å². The number of benzene rings is 1. The van der Waals surface area contributed by atoms with E-state index < -0.39 is 0 Å². The van der Waals surface area contributed by atoms with Crippen molar-refractivity contribution in [3.05, 3.63) is 30.0 Å². The summed E-state index contributed by atoms with van der Waals surface area (Å²) in [5, 5.41) is 10.3. The number of hydrogen-bond donors (Lipinski definition) is 1. The maximum Gasteiger partial charge on any atom is 0.138 e. The fourth-order valence-electron chi connectivity index (χ4n) is 1.37. The summed E-state index contributed by atoms with van der Waals surface area (Å²) in [5.41, 5.74) is 0.761. The van der Waals surface area contributed by atoms with E-state index in [4.69, 9.17) is 4.42 Å². The second-order valence-electron chi connectivity index (χ2n) is 3.04. The Morgan fingerprint density at radius 3 is 3.00 bits per heavy atom. The van der Waals surface area contributed by atoms with E-state index in [0.29, 0.717) is 5.75 Å². The van der Waals surface area contributed by atoms with E-state index in [9.17, 15) is 5.11 Å². The zero-order chi connectivity index (χ0) is 9.97. The normalized spacial score (nSPS) is 10.9. The average Bonchev–Trinajstić information content (AvgIpc) is 2.59. The Kier molecular flexibility index (Phi) is 2.68. The van der Waals surface area contributed by atoms with E-state index in [0.717, 1.165) is 28.2 Å². The van der Waals surface area contributed by atoms with Crippen LogP contribution >= 0.6 is 11.8 Å². The molecule has 14 heavy (non-hydrogen) atoms. The van der Waals surface area contributed by atoms with Crippen LogP contribution in [0.15, 0.2) is 28.7 Å². The average molecular weight is 208 g/mol. The quantitative estimate of drug-likeness (QED) is 0.839. The van der Waals surface area contributed by atoms with Crippen LogP contribution in [0.4, 0.5) is 0 Å². The van der Waals surface area contributed by atoms with E-state index in [1.165, 1.54) is 0 Å². The van der Waals surface area contributed by atoms with E-state index in [1.54, 1.807) is 23.9 Å². The molecule has 0 saturated carbocycles. The minimum absolute atomic E-state index is 0.291. The second-order valence-corrected chi connectivity index (χ2v) is 4.31. The van der Waals surface area contributed by atoms with Crippen molar-refractivity contribution < 1.29 is 9.52 Å². The van der Waals surface area contributed by atoms with Gasteiger partial charge < -0.3 is 9.52 Å². The predicted octanol–water partition coefficient (Wildman–Crippen LogP) is 3.39. The van der Waals surface area contributed by atoms with Crippen LogP contribution in [0.1, 0.15) is 12.7 Å². The molecule has 0 unspecified atom stereocenters. The molecule has 0 spiro atoms. The summed E-state index contributed by atoms with van der Waals surface area (Å²) >= 11 is 1.81. The van der Waals surface area contributed by atoms with Gasteiger partial charge in [0, 0.05) is 0 Å². The highest BCUT2D eigenvalue weighted by Gasteiger charge is 2.06. The number of aromatic hydroxyl groups is 1. The first-order chi connectivity index (χ1) is 6.81. The molecule has 0 aliphatic heterocycles. The highest BCUT2D eigenvalue weighted by Crippen LogP contribution is 2.28. The smallest absolute Gasteiger partial charge is 0.138 e. The molecule has 3 heteroatoms. The third kappa shape index (κ3) is 1.73. The van der Waals surface area contributed by atoms with Crippen molar-refractivity contribution >= 4 is 22.7 Å². The van der Waals surface area contributed by atoms with Gasteiger partial charge in [-0.25, -0.2) is 0 Å². The lowest BCUT2D eigenvalue weighted by molar-refractivity contribution is 0.481. The Labute approximate surface area is 86.9 Å². The molecule has 0 atom stereocenters. The summed E-state index contributed by atoms with van der Waals surface area (Å²) in [4.78, 5) is 0. The third-order valence-corrected chi connectivity index (χ3v) is 2.93. The van der Waals surface area contributed by atoms with E-state index in [2.05, 4.69) is 6.92 Å². The van der Waals surface area contributed by atoms with Crippen molar-refractivity contribution in [1.82, 2.24) is 0 Å². The number of hydrogen-bond acceptors (Lipinski definition) is 3. The molecule has 1 heterocycles. The lowest BCUT2D eigenvalue weighted by Crippen LogP contribution is -1.73. The molecule has 0 aliphatic carbocycles. The maximum absolute atomic E-state index is 9.54. The minimum Gasteiger partial charge on any atom is -0.507 e. The summed E-state index contributed by atoms with van der Waals surface area (Å²) in [6.45, 7) is 2.12. The molecule has 0 aliphatic rings. The molecule has 0 amide bonds. The van der Waals surface area contributed by atoms with Gasteiger partial charge >= 0.3 is 0 Å². The van der Waals surface area contributed by atoms with E-state index in [1.807, 2.05) is 12.1 Å². The van der Waals surface area contributed by atoms with Crippen LogP contribution in [0.3, 0.4) is 0 Å². The fraction of sp³-hybridized carbons (Fsp3) is 0.273. The largest absolute Gasteiger partial charge is 0.507 e. The van der Waals surface area contributed by atoms with Crippen molar-refractivity contribution in [2.45, 2.75) is 12.7 Å². The first-order valence-electron chi connectivity index (χ1n) is 4.59. The van der Waals surface area contributed by atoms with Gasteiger partial charge in [0.15, 0.2) is 0 Å². The molecule has 1 aromatic carbocycles. The third-order valence-electron chi connectivity index (χ3n) is 2.04. The predicted molar refractivity (Wildman–Crippen MR) is 59.7 cm³/mol. The van der Waals surface area contributed by atoms with Crippen LogP contribution in [0, 0.1) is 0 Å².